The maximum atomic E-state index is 16.4. The van der Waals surface area contributed by atoms with Crippen molar-refractivity contribution < 1.29 is 23.8 Å². The Kier molecular flexibility index (Phi) is 8.21. The number of carbonyl (C=O) groups excluding carboxylic acids is 1. The van der Waals surface area contributed by atoms with E-state index in [1.165, 1.54) is 16.2 Å². The lowest BCUT2D eigenvalue weighted by atomic mass is 9.87. The van der Waals surface area contributed by atoms with Crippen LogP contribution in [0, 0.1) is 5.92 Å². The number of nitrogens with one attached hydrogen (secondary N) is 1. The molecule has 3 aromatic rings. The monoisotopic (exact) mass is 579 g/mol. The van der Waals surface area contributed by atoms with E-state index in [1.54, 1.807) is 24.3 Å². The van der Waals surface area contributed by atoms with Crippen LogP contribution in [0.25, 0.3) is 10.2 Å². The number of nitrogens with zero attached hydrogens (tertiary/aromatic N) is 2. The second-order valence-corrected chi connectivity index (χ2v) is 11.7. The Bertz CT molecular complexity index is 1340. The molecule has 0 radical (unpaired) electrons. The van der Waals surface area contributed by atoms with Gasteiger partial charge in [0.2, 0.25) is 5.78 Å². The molecule has 1 saturated heterocycles. The average Bonchev–Trinajstić information content (AvgIpc) is 3.57. The maximum Gasteiger partial charge on any atom is 0.330 e. The summed E-state index contributed by atoms with van der Waals surface area (Å²) in [6.45, 7) is 0.866. The Hall–Kier alpha value is -2.30. The second-order valence-electron chi connectivity index (χ2n) is 9.83. The molecule has 2 fully saturated rings. The fraction of sp³-hybridized carbons (Fsp3) is 0.444. The SMILES string of the molecule is O=C(Cc1ccc(Nc2nc3c(Cl)cccc3s2)c(Cl)c1)C(F)(O[C@H]1CC[C@H](C(=O)O)CC1)N1CCCC1. The van der Waals surface area contributed by atoms with E-state index in [9.17, 15) is 14.7 Å². The van der Waals surface area contributed by atoms with Crippen molar-refractivity contribution in [2.45, 2.75) is 57.0 Å². The number of alkyl halides is 1. The number of para-hydroxylation sites is 1. The molecular formula is C27H28Cl2FN3O4S. The lowest BCUT2D eigenvalue weighted by Crippen LogP contribution is -2.54. The number of benzene rings is 2. The Morgan fingerprint density at radius 1 is 1.13 bits per heavy atom. The molecule has 1 unspecified atom stereocenters. The number of fused-ring (bicyclic) bond motifs is 1. The van der Waals surface area contributed by atoms with E-state index in [4.69, 9.17) is 27.9 Å². The smallest absolute Gasteiger partial charge is 0.330 e. The van der Waals surface area contributed by atoms with Gasteiger partial charge in [-0.25, -0.2) is 9.88 Å². The third-order valence-electron chi connectivity index (χ3n) is 7.21. The molecule has 2 aliphatic rings. The predicted octanol–water partition coefficient (Wildman–Crippen LogP) is 6.84. The number of ketones is 1. The van der Waals surface area contributed by atoms with Gasteiger partial charge < -0.3 is 15.2 Å². The average molecular weight is 581 g/mol. The van der Waals surface area contributed by atoms with Gasteiger partial charge in [-0.3, -0.25) is 9.59 Å². The zero-order chi connectivity index (χ0) is 26.9. The van der Waals surface area contributed by atoms with Crippen molar-refractivity contribution in [1.29, 1.82) is 0 Å². The van der Waals surface area contributed by atoms with Crippen LogP contribution in [0.4, 0.5) is 15.2 Å². The van der Waals surface area contributed by atoms with Crippen molar-refractivity contribution in [3.05, 3.63) is 52.0 Å². The normalized spacial score (nSPS) is 21.9. The quantitative estimate of drug-likeness (QED) is 0.268. The van der Waals surface area contributed by atoms with Crippen molar-refractivity contribution in [1.82, 2.24) is 9.88 Å². The summed E-state index contributed by atoms with van der Waals surface area (Å²) in [4.78, 5) is 30.6. The molecule has 38 heavy (non-hydrogen) atoms. The minimum absolute atomic E-state index is 0.186. The Labute approximate surface area is 233 Å². The molecule has 7 nitrogen and oxygen atoms in total. The first-order chi connectivity index (χ1) is 18.2. The van der Waals surface area contributed by atoms with E-state index in [0.717, 1.165) is 17.5 Å². The fourth-order valence-electron chi connectivity index (χ4n) is 5.12. The molecule has 1 saturated carbocycles. The van der Waals surface area contributed by atoms with Gasteiger partial charge >= 0.3 is 11.9 Å². The second kappa shape index (κ2) is 11.4. The molecule has 1 aliphatic carbocycles. The predicted molar refractivity (Wildman–Crippen MR) is 147 cm³/mol. The van der Waals surface area contributed by atoms with Crippen LogP contribution >= 0.6 is 34.5 Å². The van der Waals surface area contributed by atoms with Crippen LogP contribution in [0.1, 0.15) is 44.1 Å². The zero-order valence-electron chi connectivity index (χ0n) is 20.6. The van der Waals surface area contributed by atoms with E-state index in [-0.39, 0.29) is 6.42 Å². The summed E-state index contributed by atoms with van der Waals surface area (Å²) in [6, 6.07) is 10.7. The zero-order valence-corrected chi connectivity index (χ0v) is 22.9. The number of hydrogen-bond acceptors (Lipinski definition) is 7. The van der Waals surface area contributed by atoms with Gasteiger partial charge in [0.1, 0.15) is 5.52 Å². The van der Waals surface area contributed by atoms with Crippen molar-refractivity contribution in [2.24, 2.45) is 5.92 Å². The van der Waals surface area contributed by atoms with Crippen LogP contribution in [-0.4, -0.2) is 51.9 Å². The highest BCUT2D eigenvalue weighted by Gasteiger charge is 2.48. The lowest BCUT2D eigenvalue weighted by Gasteiger charge is -2.37. The van der Waals surface area contributed by atoms with Gasteiger partial charge in [-0.05, 0) is 68.4 Å². The number of rotatable bonds is 9. The number of anilines is 2. The van der Waals surface area contributed by atoms with Crippen molar-refractivity contribution >= 4 is 67.3 Å². The molecule has 5 rings (SSSR count). The van der Waals surface area contributed by atoms with Crippen LogP contribution in [0.2, 0.25) is 10.0 Å². The molecule has 2 aromatic carbocycles. The summed E-state index contributed by atoms with van der Waals surface area (Å²) in [5.41, 5.74) is 1.88. The summed E-state index contributed by atoms with van der Waals surface area (Å²) >= 11 is 14.2. The van der Waals surface area contributed by atoms with Crippen LogP contribution in [-0.2, 0) is 20.7 Å². The van der Waals surface area contributed by atoms with Crippen LogP contribution in [0.3, 0.4) is 0 Å². The van der Waals surface area contributed by atoms with Crippen molar-refractivity contribution in [3.63, 3.8) is 0 Å². The molecule has 1 atom stereocenters. The first-order valence-electron chi connectivity index (χ1n) is 12.7. The number of halogens is 3. The number of ether oxygens (including phenoxy) is 1. The third-order valence-corrected chi connectivity index (χ3v) is 8.77. The summed E-state index contributed by atoms with van der Waals surface area (Å²) in [5.74, 6) is -4.52. The number of aromatic nitrogens is 1. The van der Waals surface area contributed by atoms with E-state index in [2.05, 4.69) is 10.3 Å². The standard InChI is InChI=1S/C27H28Cl2FN3O4S/c28-19-4-3-5-22-24(19)32-26(38-22)31-21-11-6-16(14-20(21)29)15-23(34)27(30,33-12-1-2-13-33)37-18-9-7-17(8-10-18)25(35)36/h3-6,11,14,17-18H,1-2,7-10,12-13,15H2,(H,31,32)(H,35,36)/t17-,18-,27?. The number of hydrogen-bond donors (Lipinski definition) is 2. The summed E-state index contributed by atoms with van der Waals surface area (Å²) < 4.78 is 23.2. The highest BCUT2D eigenvalue weighted by Crippen LogP contribution is 2.36. The van der Waals surface area contributed by atoms with Crippen LogP contribution in [0.15, 0.2) is 36.4 Å². The molecule has 2 heterocycles. The highest BCUT2D eigenvalue weighted by atomic mass is 35.5. The molecule has 202 valence electrons. The minimum Gasteiger partial charge on any atom is -0.481 e. The summed E-state index contributed by atoms with van der Waals surface area (Å²) in [6.07, 6.45) is 2.53. The molecule has 0 spiro atoms. The van der Waals surface area contributed by atoms with Crippen LogP contribution < -0.4 is 5.32 Å². The first-order valence-corrected chi connectivity index (χ1v) is 14.3. The van der Waals surface area contributed by atoms with Crippen LogP contribution in [0.5, 0.6) is 0 Å². The summed E-state index contributed by atoms with van der Waals surface area (Å²) in [5, 5.41) is 14.0. The molecule has 2 N–H and O–H groups in total. The molecular weight excluding hydrogens is 552 g/mol. The fourth-order valence-corrected chi connectivity index (χ4v) is 6.55. The molecule has 1 aliphatic heterocycles. The summed E-state index contributed by atoms with van der Waals surface area (Å²) in [7, 11) is 0. The number of carbonyl (C=O) groups is 2. The van der Waals surface area contributed by atoms with Gasteiger partial charge in [-0.1, -0.05) is 46.7 Å². The van der Waals surface area contributed by atoms with Crippen molar-refractivity contribution in [3.8, 4) is 0 Å². The maximum absolute atomic E-state index is 16.4. The lowest BCUT2D eigenvalue weighted by molar-refractivity contribution is -0.252. The van der Waals surface area contributed by atoms with E-state index in [0.29, 0.717) is 70.7 Å². The molecule has 0 amide bonds. The van der Waals surface area contributed by atoms with Gasteiger partial charge in [0.25, 0.3) is 0 Å². The first kappa shape index (κ1) is 27.3. The molecule has 0 bridgehead atoms. The largest absolute Gasteiger partial charge is 0.481 e. The van der Waals surface area contributed by atoms with E-state index in [1.807, 2.05) is 12.1 Å². The topological polar surface area (TPSA) is 91.8 Å². The van der Waals surface area contributed by atoms with Crippen molar-refractivity contribution in [2.75, 3.05) is 18.4 Å². The highest BCUT2D eigenvalue weighted by molar-refractivity contribution is 7.22. The number of Topliss-reactive ketones (excluding diaryl/α,β-unsaturated/α-hetero) is 1. The van der Waals surface area contributed by atoms with E-state index < -0.39 is 29.8 Å². The van der Waals surface area contributed by atoms with E-state index >= 15 is 4.39 Å². The van der Waals surface area contributed by atoms with Gasteiger partial charge in [0, 0.05) is 19.5 Å². The Morgan fingerprint density at radius 2 is 1.87 bits per heavy atom. The number of likely N-dealkylation sites (tertiary alicyclic amines) is 1. The number of carboxylic acids is 1. The number of aliphatic carboxylic acids is 1. The minimum atomic E-state index is -2.55. The number of thiazole rings is 1. The Morgan fingerprint density at radius 3 is 2.53 bits per heavy atom. The van der Waals surface area contributed by atoms with Gasteiger partial charge in [0.15, 0.2) is 5.13 Å². The Balaban J connectivity index is 1.28. The molecule has 11 heteroatoms. The van der Waals surface area contributed by atoms with Gasteiger partial charge in [0.05, 0.1) is 32.5 Å². The van der Waals surface area contributed by atoms with Gasteiger partial charge in [-0.15, -0.1) is 0 Å². The van der Waals surface area contributed by atoms with Gasteiger partial charge in [-0.2, -0.15) is 4.39 Å². The number of carboxylic acid groups (broad SMARTS) is 1. The third kappa shape index (κ3) is 5.82. The molecule has 1 aromatic heterocycles.